The van der Waals surface area contributed by atoms with E-state index >= 15 is 0 Å². The Balaban J connectivity index is 2.35. The van der Waals surface area contributed by atoms with E-state index in [2.05, 4.69) is 10.3 Å². The van der Waals surface area contributed by atoms with Crippen molar-refractivity contribution in [1.82, 2.24) is 10.3 Å². The van der Waals surface area contributed by atoms with Gasteiger partial charge in [-0.2, -0.15) is 13.2 Å². The maximum atomic E-state index is 12.9. The molecule has 0 radical (unpaired) electrons. The summed E-state index contributed by atoms with van der Waals surface area (Å²) in [6.07, 6.45) is -3.91. The zero-order valence-corrected chi connectivity index (χ0v) is 9.19. The molecule has 2 N–H and O–H groups in total. The smallest absolute Gasteiger partial charge is 0.357 e. The summed E-state index contributed by atoms with van der Waals surface area (Å²) in [5.41, 5.74) is 0.169. The van der Waals surface area contributed by atoms with Gasteiger partial charge >= 0.3 is 6.18 Å². The summed E-state index contributed by atoms with van der Waals surface area (Å²) in [7, 11) is 0. The van der Waals surface area contributed by atoms with E-state index in [-0.39, 0.29) is 11.4 Å². The SMILES string of the molecule is O=C1NCCc2[nH]c3c(C(F)(F)F)cccc3c21. The van der Waals surface area contributed by atoms with Gasteiger partial charge < -0.3 is 10.3 Å². The van der Waals surface area contributed by atoms with Crippen molar-refractivity contribution < 1.29 is 18.0 Å². The molecule has 3 nitrogen and oxygen atoms in total. The Morgan fingerprint density at radius 2 is 2.00 bits per heavy atom. The van der Waals surface area contributed by atoms with Crippen LogP contribution in [0.2, 0.25) is 0 Å². The Labute approximate surface area is 100.0 Å². The standard InChI is InChI=1S/C12H9F3N2O/c13-12(14,15)7-3-1-2-6-9-8(17-10(6)7)4-5-16-11(9)18/h1-3,17H,4-5H2,(H,16,18). The summed E-state index contributed by atoms with van der Waals surface area (Å²) in [4.78, 5) is 14.4. The summed E-state index contributed by atoms with van der Waals surface area (Å²) < 4.78 is 38.6. The normalized spacial score (nSPS) is 15.6. The van der Waals surface area contributed by atoms with Crippen molar-refractivity contribution >= 4 is 16.8 Å². The highest BCUT2D eigenvalue weighted by atomic mass is 19.4. The maximum Gasteiger partial charge on any atom is 0.418 e. The molecule has 1 aromatic heterocycles. The molecule has 18 heavy (non-hydrogen) atoms. The first-order valence-electron chi connectivity index (χ1n) is 5.47. The third-order valence-corrected chi connectivity index (χ3v) is 3.10. The number of halogens is 3. The molecule has 0 saturated heterocycles. The number of fused-ring (bicyclic) bond motifs is 3. The molecule has 0 atom stereocenters. The molecular weight excluding hydrogens is 245 g/mol. The molecule has 0 bridgehead atoms. The van der Waals surface area contributed by atoms with E-state index in [1.165, 1.54) is 12.1 Å². The highest BCUT2D eigenvalue weighted by Gasteiger charge is 2.34. The molecule has 0 fully saturated rings. The van der Waals surface area contributed by atoms with E-state index < -0.39 is 11.7 Å². The van der Waals surface area contributed by atoms with Gasteiger partial charge in [-0.3, -0.25) is 4.79 Å². The fraction of sp³-hybridized carbons (Fsp3) is 0.250. The number of rotatable bonds is 0. The average Bonchev–Trinajstić information content (AvgIpc) is 2.66. The van der Waals surface area contributed by atoms with Gasteiger partial charge in [-0.25, -0.2) is 0 Å². The number of aromatic nitrogens is 1. The molecule has 2 aromatic rings. The number of benzene rings is 1. The van der Waals surface area contributed by atoms with Crippen LogP contribution in [0, 0.1) is 0 Å². The zero-order valence-electron chi connectivity index (χ0n) is 9.19. The van der Waals surface area contributed by atoms with Gasteiger partial charge in [-0.1, -0.05) is 12.1 Å². The van der Waals surface area contributed by atoms with Gasteiger partial charge in [0.2, 0.25) is 0 Å². The molecule has 94 valence electrons. The lowest BCUT2D eigenvalue weighted by atomic mass is 10.0. The summed E-state index contributed by atoms with van der Waals surface area (Å²) >= 11 is 0. The Kier molecular flexibility index (Phi) is 2.17. The third-order valence-electron chi connectivity index (χ3n) is 3.10. The van der Waals surface area contributed by atoms with Crippen LogP contribution >= 0.6 is 0 Å². The van der Waals surface area contributed by atoms with Gasteiger partial charge in [0.1, 0.15) is 0 Å². The molecule has 3 rings (SSSR count). The van der Waals surface area contributed by atoms with E-state index in [0.717, 1.165) is 6.07 Å². The van der Waals surface area contributed by atoms with Gasteiger partial charge in [-0.15, -0.1) is 0 Å². The van der Waals surface area contributed by atoms with Crippen molar-refractivity contribution in [1.29, 1.82) is 0 Å². The van der Waals surface area contributed by atoms with Gasteiger partial charge in [0, 0.05) is 24.0 Å². The first kappa shape index (κ1) is 11.1. The first-order chi connectivity index (χ1) is 8.48. The molecule has 0 spiro atoms. The van der Waals surface area contributed by atoms with Crippen molar-refractivity contribution in [2.45, 2.75) is 12.6 Å². The molecule has 1 aliphatic rings. The Bertz CT molecular complexity index is 643. The lowest BCUT2D eigenvalue weighted by molar-refractivity contribution is -0.136. The Morgan fingerprint density at radius 3 is 2.72 bits per heavy atom. The van der Waals surface area contributed by atoms with Crippen LogP contribution in [0.5, 0.6) is 0 Å². The zero-order chi connectivity index (χ0) is 12.9. The highest BCUT2D eigenvalue weighted by Crippen LogP contribution is 2.36. The minimum atomic E-state index is -4.43. The minimum absolute atomic E-state index is 0.00736. The monoisotopic (exact) mass is 254 g/mol. The van der Waals surface area contributed by atoms with Crippen molar-refractivity contribution in [3.05, 3.63) is 35.0 Å². The van der Waals surface area contributed by atoms with Crippen molar-refractivity contribution in [2.75, 3.05) is 6.54 Å². The number of alkyl halides is 3. The summed E-state index contributed by atoms with van der Waals surface area (Å²) in [6, 6.07) is 3.87. The predicted molar refractivity (Wildman–Crippen MR) is 59.3 cm³/mol. The first-order valence-corrected chi connectivity index (χ1v) is 5.47. The van der Waals surface area contributed by atoms with E-state index in [1.54, 1.807) is 0 Å². The molecule has 1 amide bonds. The van der Waals surface area contributed by atoms with Crippen LogP contribution in [0.25, 0.3) is 10.9 Å². The highest BCUT2D eigenvalue weighted by molar-refractivity contribution is 6.09. The molecule has 6 heteroatoms. The molecule has 0 saturated carbocycles. The van der Waals surface area contributed by atoms with Crippen molar-refractivity contribution in [3.8, 4) is 0 Å². The number of carbonyl (C=O) groups is 1. The molecule has 1 aliphatic heterocycles. The number of para-hydroxylation sites is 1. The lowest BCUT2D eigenvalue weighted by Gasteiger charge is -2.11. The number of hydrogen-bond acceptors (Lipinski definition) is 1. The van der Waals surface area contributed by atoms with Crippen LogP contribution in [-0.4, -0.2) is 17.4 Å². The Hall–Kier alpha value is -1.98. The van der Waals surface area contributed by atoms with Gasteiger partial charge in [-0.05, 0) is 6.07 Å². The number of carbonyl (C=O) groups excluding carboxylic acids is 1. The second-order valence-corrected chi connectivity index (χ2v) is 4.21. The van der Waals surface area contributed by atoms with E-state index in [0.29, 0.717) is 29.6 Å². The average molecular weight is 254 g/mol. The molecule has 0 aliphatic carbocycles. The number of H-pyrrole nitrogens is 1. The van der Waals surface area contributed by atoms with Crippen LogP contribution in [0.4, 0.5) is 13.2 Å². The maximum absolute atomic E-state index is 12.9. The second kappa shape index (κ2) is 3.51. The number of aromatic amines is 1. The van der Waals surface area contributed by atoms with Crippen LogP contribution in [-0.2, 0) is 12.6 Å². The largest absolute Gasteiger partial charge is 0.418 e. The van der Waals surface area contributed by atoms with Crippen molar-refractivity contribution in [3.63, 3.8) is 0 Å². The van der Waals surface area contributed by atoms with Crippen molar-refractivity contribution in [2.24, 2.45) is 0 Å². The molecule has 0 unspecified atom stereocenters. The van der Waals surface area contributed by atoms with Gasteiger partial charge in [0.25, 0.3) is 5.91 Å². The molecule has 1 aromatic carbocycles. The van der Waals surface area contributed by atoms with E-state index in [9.17, 15) is 18.0 Å². The van der Waals surface area contributed by atoms with E-state index in [4.69, 9.17) is 0 Å². The van der Waals surface area contributed by atoms with Crippen LogP contribution < -0.4 is 5.32 Å². The van der Waals surface area contributed by atoms with Crippen LogP contribution in [0.3, 0.4) is 0 Å². The van der Waals surface area contributed by atoms with Crippen LogP contribution in [0.15, 0.2) is 18.2 Å². The van der Waals surface area contributed by atoms with Gasteiger partial charge in [0.15, 0.2) is 0 Å². The lowest BCUT2D eigenvalue weighted by Crippen LogP contribution is -2.31. The summed E-state index contributed by atoms with van der Waals surface area (Å²) in [5.74, 6) is -0.318. The third kappa shape index (κ3) is 1.48. The number of nitrogens with one attached hydrogen (secondary N) is 2. The van der Waals surface area contributed by atoms with Crippen LogP contribution in [0.1, 0.15) is 21.6 Å². The van der Waals surface area contributed by atoms with E-state index in [1.807, 2.05) is 0 Å². The summed E-state index contributed by atoms with van der Waals surface area (Å²) in [6.45, 7) is 0.444. The summed E-state index contributed by atoms with van der Waals surface area (Å²) in [5, 5.41) is 2.97. The fourth-order valence-electron chi connectivity index (χ4n) is 2.34. The molecule has 2 heterocycles. The molecular formula is C12H9F3N2O. The predicted octanol–water partition coefficient (Wildman–Crippen LogP) is 2.47. The second-order valence-electron chi connectivity index (χ2n) is 4.21. The number of hydrogen-bond donors (Lipinski definition) is 2. The Morgan fingerprint density at radius 1 is 1.22 bits per heavy atom. The number of amides is 1. The van der Waals surface area contributed by atoms with Gasteiger partial charge in [0.05, 0.1) is 16.6 Å². The topological polar surface area (TPSA) is 44.9 Å². The quantitative estimate of drug-likeness (QED) is 0.745. The fourth-order valence-corrected chi connectivity index (χ4v) is 2.34. The minimum Gasteiger partial charge on any atom is -0.357 e.